The van der Waals surface area contributed by atoms with E-state index in [1.165, 1.54) is 0 Å². The van der Waals surface area contributed by atoms with Crippen LogP contribution in [0.4, 0.5) is 0 Å². The summed E-state index contributed by atoms with van der Waals surface area (Å²) in [6, 6.07) is 0. The van der Waals surface area contributed by atoms with Crippen LogP contribution in [0, 0.1) is 0 Å². The van der Waals surface area contributed by atoms with E-state index in [-0.39, 0.29) is 6.10 Å². The highest BCUT2D eigenvalue weighted by Gasteiger charge is 1.96. The minimum atomic E-state index is 0.233. The molecule has 1 unspecified atom stereocenters. The SMILES string of the molecule is CCCOOC(C)CC. The first kappa shape index (κ1) is 8.92. The van der Waals surface area contributed by atoms with Crippen molar-refractivity contribution in [1.82, 2.24) is 0 Å². The Labute approximate surface area is 57.1 Å². The molecule has 56 valence electrons. The highest BCUT2D eigenvalue weighted by atomic mass is 17.2. The van der Waals surface area contributed by atoms with Crippen molar-refractivity contribution in [2.24, 2.45) is 0 Å². The van der Waals surface area contributed by atoms with Gasteiger partial charge in [-0.25, -0.2) is 9.78 Å². The lowest BCUT2D eigenvalue weighted by molar-refractivity contribution is -0.320. The fourth-order valence-corrected chi connectivity index (χ4v) is 0.316. The standard InChI is InChI=1S/C7H16O2/c1-4-6-8-9-7(3)5-2/h7H,4-6H2,1-3H3. The van der Waals surface area contributed by atoms with Crippen LogP contribution in [0.3, 0.4) is 0 Å². The zero-order valence-corrected chi connectivity index (χ0v) is 6.52. The van der Waals surface area contributed by atoms with E-state index in [1.807, 2.05) is 6.92 Å². The molecule has 2 nitrogen and oxygen atoms in total. The number of rotatable bonds is 5. The predicted molar refractivity (Wildman–Crippen MR) is 37.1 cm³/mol. The van der Waals surface area contributed by atoms with Gasteiger partial charge in [-0.1, -0.05) is 13.8 Å². The molecule has 0 bridgehead atoms. The lowest BCUT2D eigenvalue weighted by atomic mass is 10.3. The van der Waals surface area contributed by atoms with Gasteiger partial charge in [0.2, 0.25) is 0 Å². The molecule has 0 rings (SSSR count). The quantitative estimate of drug-likeness (QED) is 0.324. The van der Waals surface area contributed by atoms with Crippen LogP contribution in [0.2, 0.25) is 0 Å². The summed E-state index contributed by atoms with van der Waals surface area (Å²) in [5, 5.41) is 0. The van der Waals surface area contributed by atoms with E-state index in [0.717, 1.165) is 12.8 Å². The van der Waals surface area contributed by atoms with Gasteiger partial charge in [-0.05, 0) is 19.8 Å². The lowest BCUT2D eigenvalue weighted by Gasteiger charge is -2.07. The average molecular weight is 132 g/mol. The Morgan fingerprint density at radius 3 is 2.44 bits per heavy atom. The fourth-order valence-electron chi connectivity index (χ4n) is 0.316. The van der Waals surface area contributed by atoms with Crippen molar-refractivity contribution in [3.05, 3.63) is 0 Å². The van der Waals surface area contributed by atoms with Crippen LogP contribution in [-0.4, -0.2) is 12.7 Å². The highest BCUT2D eigenvalue weighted by molar-refractivity contribution is 4.37. The number of hydrogen-bond donors (Lipinski definition) is 0. The minimum Gasteiger partial charge on any atom is -0.236 e. The second-order valence-corrected chi connectivity index (χ2v) is 2.14. The molecule has 0 aromatic carbocycles. The van der Waals surface area contributed by atoms with Gasteiger partial charge >= 0.3 is 0 Å². The normalized spacial score (nSPS) is 13.7. The van der Waals surface area contributed by atoms with Crippen molar-refractivity contribution >= 4 is 0 Å². The van der Waals surface area contributed by atoms with Crippen LogP contribution in [0.25, 0.3) is 0 Å². The third-order valence-corrected chi connectivity index (χ3v) is 1.09. The summed E-state index contributed by atoms with van der Waals surface area (Å²) in [7, 11) is 0. The molecular formula is C7H16O2. The molecule has 0 saturated carbocycles. The largest absolute Gasteiger partial charge is 0.236 e. The molecule has 0 fully saturated rings. The van der Waals surface area contributed by atoms with E-state index >= 15 is 0 Å². The first-order valence-corrected chi connectivity index (χ1v) is 3.59. The van der Waals surface area contributed by atoms with Crippen LogP contribution in [-0.2, 0) is 9.78 Å². The van der Waals surface area contributed by atoms with Crippen molar-refractivity contribution in [1.29, 1.82) is 0 Å². The summed E-state index contributed by atoms with van der Waals surface area (Å²) >= 11 is 0. The summed E-state index contributed by atoms with van der Waals surface area (Å²) < 4.78 is 0. The Morgan fingerprint density at radius 1 is 1.33 bits per heavy atom. The van der Waals surface area contributed by atoms with E-state index in [0.29, 0.717) is 6.61 Å². The third-order valence-electron chi connectivity index (χ3n) is 1.09. The van der Waals surface area contributed by atoms with Crippen LogP contribution >= 0.6 is 0 Å². The molecule has 0 radical (unpaired) electrons. The van der Waals surface area contributed by atoms with Crippen molar-refractivity contribution in [3.63, 3.8) is 0 Å². The van der Waals surface area contributed by atoms with Crippen LogP contribution < -0.4 is 0 Å². The predicted octanol–water partition coefficient (Wildman–Crippen LogP) is 2.14. The van der Waals surface area contributed by atoms with Gasteiger partial charge in [0.15, 0.2) is 0 Å². The van der Waals surface area contributed by atoms with Crippen molar-refractivity contribution in [2.75, 3.05) is 6.61 Å². The number of hydrogen-bond acceptors (Lipinski definition) is 2. The van der Waals surface area contributed by atoms with Crippen LogP contribution in [0.5, 0.6) is 0 Å². The summed E-state index contributed by atoms with van der Waals surface area (Å²) in [4.78, 5) is 9.77. The monoisotopic (exact) mass is 132 g/mol. The Kier molecular flexibility index (Phi) is 5.99. The molecule has 1 atom stereocenters. The molecule has 2 heteroatoms. The van der Waals surface area contributed by atoms with Crippen molar-refractivity contribution < 1.29 is 9.78 Å². The smallest absolute Gasteiger partial charge is 0.0899 e. The Bertz CT molecular complexity index is 54.9. The van der Waals surface area contributed by atoms with Gasteiger partial charge in [0, 0.05) is 0 Å². The molecule has 0 aromatic rings. The molecule has 0 saturated heterocycles. The van der Waals surface area contributed by atoms with E-state index in [1.54, 1.807) is 0 Å². The van der Waals surface area contributed by atoms with E-state index in [9.17, 15) is 0 Å². The van der Waals surface area contributed by atoms with Gasteiger partial charge in [-0.2, -0.15) is 0 Å². The molecule has 0 aliphatic rings. The molecule has 0 heterocycles. The lowest BCUT2D eigenvalue weighted by Crippen LogP contribution is -2.07. The molecule has 9 heavy (non-hydrogen) atoms. The molecular weight excluding hydrogens is 116 g/mol. The summed E-state index contributed by atoms with van der Waals surface area (Å²) in [5.74, 6) is 0. The molecule has 0 N–H and O–H groups in total. The summed E-state index contributed by atoms with van der Waals surface area (Å²) in [6.07, 6.45) is 2.25. The first-order chi connectivity index (χ1) is 4.31. The maximum absolute atomic E-state index is 4.93. The van der Waals surface area contributed by atoms with Crippen LogP contribution in [0.15, 0.2) is 0 Å². The van der Waals surface area contributed by atoms with Crippen molar-refractivity contribution in [3.8, 4) is 0 Å². The van der Waals surface area contributed by atoms with Gasteiger partial charge in [-0.15, -0.1) is 0 Å². The molecule has 0 aliphatic carbocycles. The van der Waals surface area contributed by atoms with Gasteiger partial charge in [0.25, 0.3) is 0 Å². The van der Waals surface area contributed by atoms with Crippen LogP contribution in [0.1, 0.15) is 33.6 Å². The Morgan fingerprint density at radius 2 is 2.00 bits per heavy atom. The first-order valence-electron chi connectivity index (χ1n) is 3.59. The van der Waals surface area contributed by atoms with Crippen molar-refractivity contribution in [2.45, 2.75) is 39.7 Å². The zero-order valence-electron chi connectivity index (χ0n) is 6.52. The third kappa shape index (κ3) is 5.80. The van der Waals surface area contributed by atoms with E-state index in [2.05, 4.69) is 13.8 Å². The van der Waals surface area contributed by atoms with E-state index in [4.69, 9.17) is 9.78 Å². The van der Waals surface area contributed by atoms with Gasteiger partial charge in [-0.3, -0.25) is 0 Å². The second-order valence-electron chi connectivity index (χ2n) is 2.14. The molecule has 0 spiro atoms. The summed E-state index contributed by atoms with van der Waals surface area (Å²) in [6.45, 7) is 6.82. The molecule has 0 aromatic heterocycles. The Balaban J connectivity index is 2.88. The maximum atomic E-state index is 4.93. The molecule has 0 aliphatic heterocycles. The van der Waals surface area contributed by atoms with Gasteiger partial charge < -0.3 is 0 Å². The fraction of sp³-hybridized carbons (Fsp3) is 1.00. The summed E-state index contributed by atoms with van der Waals surface area (Å²) in [5.41, 5.74) is 0. The zero-order chi connectivity index (χ0) is 7.11. The van der Waals surface area contributed by atoms with Gasteiger partial charge in [0.05, 0.1) is 12.7 Å². The average Bonchev–Trinajstić information content (AvgIpc) is 1.89. The minimum absolute atomic E-state index is 0.233. The van der Waals surface area contributed by atoms with Gasteiger partial charge in [0.1, 0.15) is 0 Å². The molecule has 0 amide bonds. The Hall–Kier alpha value is -0.0800. The van der Waals surface area contributed by atoms with E-state index < -0.39 is 0 Å². The topological polar surface area (TPSA) is 18.5 Å². The highest BCUT2D eigenvalue weighted by Crippen LogP contribution is 1.96. The second kappa shape index (κ2) is 6.05. The maximum Gasteiger partial charge on any atom is 0.0899 e.